The summed E-state index contributed by atoms with van der Waals surface area (Å²) in [4.78, 5) is 16.2. The second-order valence-electron chi connectivity index (χ2n) is 4.72. The molecule has 3 heteroatoms. The van der Waals surface area contributed by atoms with Crippen molar-refractivity contribution in [2.45, 2.75) is 25.1 Å². The molecule has 0 aliphatic heterocycles. The second kappa shape index (κ2) is 5.61. The van der Waals surface area contributed by atoms with E-state index in [-0.39, 0.29) is 16.5 Å². The Labute approximate surface area is 116 Å². The van der Waals surface area contributed by atoms with Crippen molar-refractivity contribution in [3.8, 4) is 0 Å². The van der Waals surface area contributed by atoms with Gasteiger partial charge in [0.1, 0.15) is 5.78 Å². The van der Waals surface area contributed by atoms with Crippen LogP contribution < -0.4 is 0 Å². The average molecular weight is 306 g/mol. The molecule has 0 fully saturated rings. The maximum absolute atomic E-state index is 11.9. The van der Waals surface area contributed by atoms with E-state index in [2.05, 4.69) is 20.9 Å². The molecule has 0 aliphatic rings. The van der Waals surface area contributed by atoms with Crippen LogP contribution in [-0.2, 0) is 11.2 Å². The van der Waals surface area contributed by atoms with E-state index in [4.69, 9.17) is 0 Å². The first-order valence-electron chi connectivity index (χ1n) is 6.10. The van der Waals surface area contributed by atoms with Gasteiger partial charge in [0, 0.05) is 17.5 Å². The lowest BCUT2D eigenvalue weighted by atomic mass is 9.99. The van der Waals surface area contributed by atoms with Crippen LogP contribution in [0.5, 0.6) is 0 Å². The van der Waals surface area contributed by atoms with Gasteiger partial charge in [0.15, 0.2) is 0 Å². The predicted molar refractivity (Wildman–Crippen MR) is 78.0 cm³/mol. The number of hydrogen-bond acceptors (Lipinski definition) is 2. The molecule has 0 amide bonds. The van der Waals surface area contributed by atoms with Gasteiger partial charge in [-0.2, -0.15) is 0 Å². The zero-order valence-corrected chi connectivity index (χ0v) is 12.1. The van der Waals surface area contributed by atoms with Crippen molar-refractivity contribution in [2.24, 2.45) is 5.92 Å². The Hall–Kier alpha value is -1.22. The third-order valence-electron chi connectivity index (χ3n) is 2.99. The molecule has 0 bridgehead atoms. The number of halogens is 1. The lowest BCUT2D eigenvalue weighted by Crippen LogP contribution is -2.21. The SMILES string of the molecule is CC(C)C(=O)C(Br)Cc1cccc2cccnc12. The molecule has 2 aromatic rings. The van der Waals surface area contributed by atoms with Gasteiger partial charge in [-0.15, -0.1) is 0 Å². The number of carbonyl (C=O) groups excluding carboxylic acids is 1. The highest BCUT2D eigenvalue weighted by atomic mass is 79.9. The number of alkyl halides is 1. The molecular weight excluding hydrogens is 290 g/mol. The summed E-state index contributed by atoms with van der Waals surface area (Å²) in [6.45, 7) is 3.86. The summed E-state index contributed by atoms with van der Waals surface area (Å²) in [5.41, 5.74) is 2.10. The maximum atomic E-state index is 11.9. The summed E-state index contributed by atoms with van der Waals surface area (Å²) >= 11 is 3.49. The first-order chi connectivity index (χ1) is 8.59. The molecule has 1 atom stereocenters. The first kappa shape index (κ1) is 13.2. The molecule has 1 aromatic carbocycles. The standard InChI is InChI=1S/C15H16BrNO/c1-10(2)15(18)13(16)9-12-6-3-5-11-7-4-8-17-14(11)12/h3-8,10,13H,9H2,1-2H3. The number of benzene rings is 1. The van der Waals surface area contributed by atoms with Crippen molar-refractivity contribution in [3.63, 3.8) is 0 Å². The molecule has 0 saturated carbocycles. The van der Waals surface area contributed by atoms with Crippen LogP contribution in [-0.4, -0.2) is 15.6 Å². The molecule has 94 valence electrons. The van der Waals surface area contributed by atoms with Gasteiger partial charge in [-0.05, 0) is 18.1 Å². The summed E-state index contributed by atoms with van der Waals surface area (Å²) in [5, 5.41) is 1.12. The minimum atomic E-state index is -0.134. The number of pyridine rings is 1. The number of rotatable bonds is 4. The number of ketones is 1. The van der Waals surface area contributed by atoms with Crippen LogP contribution in [0.1, 0.15) is 19.4 Å². The van der Waals surface area contributed by atoms with Gasteiger partial charge >= 0.3 is 0 Å². The minimum Gasteiger partial charge on any atom is -0.298 e. The van der Waals surface area contributed by atoms with Crippen molar-refractivity contribution in [2.75, 3.05) is 0 Å². The van der Waals surface area contributed by atoms with E-state index < -0.39 is 0 Å². The highest BCUT2D eigenvalue weighted by Crippen LogP contribution is 2.21. The maximum Gasteiger partial charge on any atom is 0.149 e. The summed E-state index contributed by atoms with van der Waals surface area (Å²) in [5.74, 6) is 0.292. The van der Waals surface area contributed by atoms with Gasteiger partial charge in [0.05, 0.1) is 10.3 Å². The summed E-state index contributed by atoms with van der Waals surface area (Å²) in [7, 11) is 0. The van der Waals surface area contributed by atoms with Crippen molar-refractivity contribution in [1.29, 1.82) is 0 Å². The topological polar surface area (TPSA) is 30.0 Å². The van der Waals surface area contributed by atoms with Gasteiger partial charge in [0.25, 0.3) is 0 Å². The molecule has 0 spiro atoms. The van der Waals surface area contributed by atoms with E-state index in [0.29, 0.717) is 6.42 Å². The molecular formula is C15H16BrNO. The van der Waals surface area contributed by atoms with Crippen LogP contribution >= 0.6 is 15.9 Å². The van der Waals surface area contributed by atoms with Crippen LogP contribution in [0.4, 0.5) is 0 Å². The molecule has 18 heavy (non-hydrogen) atoms. The third-order valence-corrected chi connectivity index (χ3v) is 3.77. The molecule has 0 saturated heterocycles. The number of hydrogen-bond donors (Lipinski definition) is 0. The summed E-state index contributed by atoms with van der Waals surface area (Å²) in [6, 6.07) is 10.1. The van der Waals surface area contributed by atoms with Gasteiger partial charge in [-0.3, -0.25) is 9.78 Å². The fraction of sp³-hybridized carbons (Fsp3) is 0.333. The van der Waals surface area contributed by atoms with E-state index in [1.54, 1.807) is 6.20 Å². The molecule has 1 unspecified atom stereocenters. The summed E-state index contributed by atoms with van der Waals surface area (Å²) < 4.78 is 0. The zero-order chi connectivity index (χ0) is 13.1. The van der Waals surface area contributed by atoms with Crippen molar-refractivity contribution >= 4 is 32.6 Å². The fourth-order valence-corrected chi connectivity index (χ4v) is 2.86. The van der Waals surface area contributed by atoms with Crippen LogP contribution in [0.2, 0.25) is 0 Å². The highest BCUT2D eigenvalue weighted by Gasteiger charge is 2.19. The minimum absolute atomic E-state index is 0.0531. The number of carbonyl (C=O) groups is 1. The van der Waals surface area contributed by atoms with E-state index in [1.807, 2.05) is 44.2 Å². The Balaban J connectivity index is 2.29. The monoisotopic (exact) mass is 305 g/mol. The Kier molecular flexibility index (Phi) is 4.12. The first-order valence-corrected chi connectivity index (χ1v) is 7.01. The lowest BCUT2D eigenvalue weighted by Gasteiger charge is -2.12. The molecule has 0 aliphatic carbocycles. The Morgan fingerprint density at radius 3 is 2.72 bits per heavy atom. The highest BCUT2D eigenvalue weighted by molar-refractivity contribution is 9.10. The van der Waals surface area contributed by atoms with Crippen LogP contribution in [0.25, 0.3) is 10.9 Å². The van der Waals surface area contributed by atoms with Crippen molar-refractivity contribution in [1.82, 2.24) is 4.98 Å². The average Bonchev–Trinajstić information content (AvgIpc) is 2.38. The van der Waals surface area contributed by atoms with E-state index in [0.717, 1.165) is 16.5 Å². The number of nitrogens with zero attached hydrogens (tertiary/aromatic N) is 1. The van der Waals surface area contributed by atoms with E-state index in [9.17, 15) is 4.79 Å². The zero-order valence-electron chi connectivity index (χ0n) is 10.6. The molecule has 0 N–H and O–H groups in total. The molecule has 2 rings (SSSR count). The predicted octanol–water partition coefficient (Wildman–Crippen LogP) is 3.77. The van der Waals surface area contributed by atoms with E-state index in [1.165, 1.54) is 0 Å². The normalized spacial score (nSPS) is 12.9. The molecule has 1 heterocycles. The largest absolute Gasteiger partial charge is 0.298 e. The number of para-hydroxylation sites is 1. The van der Waals surface area contributed by atoms with Gasteiger partial charge in [-0.25, -0.2) is 0 Å². The molecule has 2 nitrogen and oxygen atoms in total. The van der Waals surface area contributed by atoms with Crippen LogP contribution in [0.3, 0.4) is 0 Å². The second-order valence-corrected chi connectivity index (χ2v) is 5.83. The smallest absolute Gasteiger partial charge is 0.149 e. The Bertz CT molecular complexity index is 560. The fourth-order valence-electron chi connectivity index (χ4n) is 1.99. The number of aromatic nitrogens is 1. The Morgan fingerprint density at radius 2 is 2.00 bits per heavy atom. The molecule has 1 aromatic heterocycles. The summed E-state index contributed by atoms with van der Waals surface area (Å²) in [6.07, 6.45) is 2.48. The Morgan fingerprint density at radius 1 is 1.28 bits per heavy atom. The number of Topliss-reactive ketones (excluding diaryl/α,β-unsaturated/α-hetero) is 1. The van der Waals surface area contributed by atoms with Gasteiger partial charge < -0.3 is 0 Å². The third kappa shape index (κ3) is 2.78. The quantitative estimate of drug-likeness (QED) is 0.805. The van der Waals surface area contributed by atoms with Crippen LogP contribution in [0, 0.1) is 5.92 Å². The van der Waals surface area contributed by atoms with E-state index >= 15 is 0 Å². The van der Waals surface area contributed by atoms with Crippen molar-refractivity contribution < 1.29 is 4.79 Å². The van der Waals surface area contributed by atoms with Gasteiger partial charge in [0.2, 0.25) is 0 Å². The van der Waals surface area contributed by atoms with Gasteiger partial charge in [-0.1, -0.05) is 54.0 Å². The van der Waals surface area contributed by atoms with Crippen LogP contribution in [0.15, 0.2) is 36.5 Å². The number of fused-ring (bicyclic) bond motifs is 1. The van der Waals surface area contributed by atoms with Crippen molar-refractivity contribution in [3.05, 3.63) is 42.1 Å². The molecule has 0 radical (unpaired) electrons. The lowest BCUT2D eigenvalue weighted by molar-refractivity contribution is -0.121.